The molecule has 0 aliphatic heterocycles. The van der Waals surface area contributed by atoms with Crippen LogP contribution in [-0.2, 0) is 6.42 Å². The molecular weight excluding hydrogens is 246 g/mol. The summed E-state index contributed by atoms with van der Waals surface area (Å²) in [6, 6.07) is 8.97. The van der Waals surface area contributed by atoms with Crippen molar-refractivity contribution in [3.05, 3.63) is 29.8 Å². The maximum Gasteiger partial charge on any atom is 0.118 e. The average Bonchev–Trinajstić information content (AvgIpc) is 2.95. The van der Waals surface area contributed by atoms with Gasteiger partial charge < -0.3 is 10.1 Å². The molecule has 0 bridgehead atoms. The highest BCUT2D eigenvalue weighted by Gasteiger charge is 2.31. The Hall–Kier alpha value is -1.02. The summed E-state index contributed by atoms with van der Waals surface area (Å²) >= 11 is 0. The van der Waals surface area contributed by atoms with Crippen molar-refractivity contribution in [2.24, 2.45) is 5.41 Å². The van der Waals surface area contributed by atoms with Crippen molar-refractivity contribution in [1.82, 2.24) is 5.32 Å². The van der Waals surface area contributed by atoms with Gasteiger partial charge in [-0.25, -0.2) is 0 Å². The maximum absolute atomic E-state index is 5.20. The second-order valence-corrected chi connectivity index (χ2v) is 6.39. The van der Waals surface area contributed by atoms with Gasteiger partial charge in [-0.05, 0) is 55.7 Å². The summed E-state index contributed by atoms with van der Waals surface area (Å²) in [4.78, 5) is 0. The van der Waals surface area contributed by atoms with Crippen LogP contribution in [-0.4, -0.2) is 19.7 Å². The summed E-state index contributed by atoms with van der Waals surface area (Å²) in [5, 5.41) is 3.76. The Balaban J connectivity index is 1.80. The monoisotopic (exact) mass is 275 g/mol. The first kappa shape index (κ1) is 15.4. The summed E-state index contributed by atoms with van der Waals surface area (Å²) in [6.07, 6.45) is 8.06. The van der Waals surface area contributed by atoms with Gasteiger partial charge in [0.15, 0.2) is 0 Å². The van der Waals surface area contributed by atoms with Crippen LogP contribution in [0.3, 0.4) is 0 Å². The molecule has 1 fully saturated rings. The smallest absolute Gasteiger partial charge is 0.118 e. The van der Waals surface area contributed by atoms with Crippen molar-refractivity contribution in [1.29, 1.82) is 0 Å². The Morgan fingerprint density at radius 1 is 1.20 bits per heavy atom. The molecule has 1 atom stereocenters. The van der Waals surface area contributed by atoms with E-state index < -0.39 is 0 Å². The molecule has 112 valence electrons. The summed E-state index contributed by atoms with van der Waals surface area (Å²) in [5.41, 5.74) is 1.96. The minimum absolute atomic E-state index is 0.535. The maximum atomic E-state index is 5.20. The SMILES string of the molecule is CCC1(CNC(C)Cc2ccc(OC)cc2)CCCC1. The fraction of sp³-hybridized carbons (Fsp3) is 0.667. The normalized spacial score (nSPS) is 18.9. The first-order chi connectivity index (χ1) is 9.67. The zero-order valence-electron chi connectivity index (χ0n) is 13.2. The molecule has 1 unspecified atom stereocenters. The van der Waals surface area contributed by atoms with Crippen molar-refractivity contribution >= 4 is 0 Å². The van der Waals surface area contributed by atoms with Crippen LogP contribution in [0.15, 0.2) is 24.3 Å². The molecule has 0 amide bonds. The lowest BCUT2D eigenvalue weighted by atomic mass is 9.83. The third-order valence-electron chi connectivity index (χ3n) is 4.94. The van der Waals surface area contributed by atoms with E-state index >= 15 is 0 Å². The van der Waals surface area contributed by atoms with E-state index in [2.05, 4.69) is 31.3 Å². The molecule has 2 heteroatoms. The molecule has 0 spiro atoms. The predicted molar refractivity (Wildman–Crippen MR) is 85.4 cm³/mol. The molecule has 2 nitrogen and oxygen atoms in total. The summed E-state index contributed by atoms with van der Waals surface area (Å²) in [7, 11) is 1.71. The van der Waals surface area contributed by atoms with Gasteiger partial charge in [-0.3, -0.25) is 0 Å². The molecular formula is C18H29NO. The lowest BCUT2D eigenvalue weighted by molar-refractivity contribution is 0.258. The van der Waals surface area contributed by atoms with E-state index in [0.29, 0.717) is 11.5 Å². The standard InChI is InChI=1S/C18H29NO/c1-4-18(11-5-6-12-18)14-19-15(2)13-16-7-9-17(20-3)10-8-16/h7-10,15,19H,4-6,11-14H2,1-3H3. The van der Waals surface area contributed by atoms with Crippen LogP contribution in [0.5, 0.6) is 5.75 Å². The molecule has 0 saturated heterocycles. The van der Waals surface area contributed by atoms with Gasteiger partial charge in [-0.1, -0.05) is 31.9 Å². The minimum atomic E-state index is 0.535. The van der Waals surface area contributed by atoms with Gasteiger partial charge in [-0.15, -0.1) is 0 Å². The number of hydrogen-bond donors (Lipinski definition) is 1. The Bertz CT molecular complexity index is 392. The van der Waals surface area contributed by atoms with Crippen LogP contribution in [0.4, 0.5) is 0 Å². The van der Waals surface area contributed by atoms with Crippen LogP contribution < -0.4 is 10.1 Å². The van der Waals surface area contributed by atoms with Gasteiger partial charge in [-0.2, -0.15) is 0 Å². The molecule has 2 rings (SSSR count). The minimum Gasteiger partial charge on any atom is -0.497 e. The van der Waals surface area contributed by atoms with Gasteiger partial charge in [0.05, 0.1) is 7.11 Å². The Morgan fingerprint density at radius 3 is 2.40 bits per heavy atom. The van der Waals surface area contributed by atoms with Crippen LogP contribution in [0.1, 0.15) is 51.5 Å². The van der Waals surface area contributed by atoms with E-state index in [1.807, 2.05) is 12.1 Å². The fourth-order valence-corrected chi connectivity index (χ4v) is 3.36. The van der Waals surface area contributed by atoms with E-state index in [1.165, 1.54) is 44.2 Å². The van der Waals surface area contributed by atoms with Gasteiger partial charge in [0, 0.05) is 12.6 Å². The molecule has 0 radical (unpaired) electrons. The lowest BCUT2D eigenvalue weighted by Crippen LogP contribution is -2.37. The van der Waals surface area contributed by atoms with E-state index in [-0.39, 0.29) is 0 Å². The molecule has 1 aliphatic rings. The molecule has 0 aromatic heterocycles. The second-order valence-electron chi connectivity index (χ2n) is 6.39. The Labute approximate surface area is 123 Å². The second kappa shape index (κ2) is 7.12. The van der Waals surface area contributed by atoms with Crippen molar-refractivity contribution < 1.29 is 4.74 Å². The van der Waals surface area contributed by atoms with Gasteiger partial charge >= 0.3 is 0 Å². The average molecular weight is 275 g/mol. The van der Waals surface area contributed by atoms with Crippen molar-refractivity contribution in [2.45, 2.75) is 58.4 Å². The third-order valence-corrected chi connectivity index (χ3v) is 4.94. The Morgan fingerprint density at radius 2 is 1.85 bits per heavy atom. The molecule has 1 N–H and O–H groups in total. The number of methoxy groups -OCH3 is 1. The number of ether oxygens (including phenoxy) is 1. The van der Waals surface area contributed by atoms with E-state index in [9.17, 15) is 0 Å². The molecule has 20 heavy (non-hydrogen) atoms. The van der Waals surface area contributed by atoms with E-state index in [0.717, 1.165) is 12.2 Å². The van der Waals surface area contributed by atoms with Crippen molar-refractivity contribution in [3.63, 3.8) is 0 Å². The summed E-state index contributed by atoms with van der Waals surface area (Å²) in [6.45, 7) is 5.82. The van der Waals surface area contributed by atoms with Gasteiger partial charge in [0.2, 0.25) is 0 Å². The van der Waals surface area contributed by atoms with Crippen molar-refractivity contribution in [3.8, 4) is 5.75 Å². The van der Waals surface area contributed by atoms with Crippen LogP contribution in [0, 0.1) is 5.41 Å². The summed E-state index contributed by atoms with van der Waals surface area (Å²) in [5.74, 6) is 0.935. The largest absolute Gasteiger partial charge is 0.497 e. The lowest BCUT2D eigenvalue weighted by Gasteiger charge is -2.29. The number of rotatable bonds is 7. The topological polar surface area (TPSA) is 21.3 Å². The molecule has 1 aromatic rings. The van der Waals surface area contributed by atoms with Gasteiger partial charge in [0.25, 0.3) is 0 Å². The highest BCUT2D eigenvalue weighted by Crippen LogP contribution is 2.40. The fourth-order valence-electron chi connectivity index (χ4n) is 3.36. The number of nitrogens with one attached hydrogen (secondary N) is 1. The molecule has 1 aliphatic carbocycles. The zero-order chi connectivity index (χ0) is 14.4. The van der Waals surface area contributed by atoms with Gasteiger partial charge in [0.1, 0.15) is 5.75 Å². The number of hydrogen-bond acceptors (Lipinski definition) is 2. The van der Waals surface area contributed by atoms with E-state index in [4.69, 9.17) is 4.74 Å². The molecule has 1 saturated carbocycles. The number of benzene rings is 1. The highest BCUT2D eigenvalue weighted by molar-refractivity contribution is 5.27. The first-order valence-corrected chi connectivity index (χ1v) is 8.04. The molecule has 0 heterocycles. The first-order valence-electron chi connectivity index (χ1n) is 8.04. The quantitative estimate of drug-likeness (QED) is 0.806. The Kier molecular flexibility index (Phi) is 5.47. The van der Waals surface area contributed by atoms with Crippen LogP contribution >= 0.6 is 0 Å². The van der Waals surface area contributed by atoms with Crippen LogP contribution in [0.25, 0.3) is 0 Å². The predicted octanol–water partition coefficient (Wildman–Crippen LogP) is 4.19. The molecule has 1 aromatic carbocycles. The summed E-state index contributed by atoms with van der Waals surface area (Å²) < 4.78 is 5.20. The van der Waals surface area contributed by atoms with Crippen molar-refractivity contribution in [2.75, 3.05) is 13.7 Å². The van der Waals surface area contributed by atoms with Crippen LogP contribution in [0.2, 0.25) is 0 Å². The zero-order valence-corrected chi connectivity index (χ0v) is 13.2. The third kappa shape index (κ3) is 3.99. The highest BCUT2D eigenvalue weighted by atomic mass is 16.5. The van der Waals surface area contributed by atoms with E-state index in [1.54, 1.807) is 7.11 Å².